The van der Waals surface area contributed by atoms with Crippen LogP contribution in [0, 0.1) is 12.7 Å². The molecular formula is C16H20FN5O2. The van der Waals surface area contributed by atoms with E-state index in [1.807, 2.05) is 0 Å². The molecule has 0 saturated heterocycles. The summed E-state index contributed by atoms with van der Waals surface area (Å²) in [7, 11) is 1.48. The van der Waals surface area contributed by atoms with Gasteiger partial charge in [-0.25, -0.2) is 4.39 Å². The van der Waals surface area contributed by atoms with Gasteiger partial charge in [-0.05, 0) is 44.5 Å². The Morgan fingerprint density at radius 1 is 1.33 bits per heavy atom. The van der Waals surface area contributed by atoms with Crippen molar-refractivity contribution in [2.45, 2.75) is 26.3 Å². The number of amides is 2. The first-order valence-corrected chi connectivity index (χ1v) is 7.32. The molecule has 0 radical (unpaired) electrons. The third kappa shape index (κ3) is 3.22. The number of carbonyl (C=O) groups is 2. The van der Waals surface area contributed by atoms with Crippen LogP contribution in [0.25, 0.3) is 0 Å². The van der Waals surface area contributed by atoms with Gasteiger partial charge in [0.2, 0.25) is 0 Å². The number of rotatable bonds is 4. The highest BCUT2D eigenvalue weighted by Gasteiger charge is 2.31. The van der Waals surface area contributed by atoms with Crippen LogP contribution in [0.1, 0.15) is 29.8 Å². The zero-order valence-electron chi connectivity index (χ0n) is 14.0. The van der Waals surface area contributed by atoms with Gasteiger partial charge in [0.15, 0.2) is 0 Å². The van der Waals surface area contributed by atoms with Crippen molar-refractivity contribution in [1.82, 2.24) is 15.1 Å². The fraction of sp³-hybridized carbons (Fsp3) is 0.312. The molecule has 7 nitrogen and oxygen atoms in total. The largest absolute Gasteiger partial charge is 0.382 e. The van der Waals surface area contributed by atoms with Gasteiger partial charge < -0.3 is 16.4 Å². The number of aromatic nitrogens is 2. The Labute approximate surface area is 139 Å². The van der Waals surface area contributed by atoms with E-state index in [0.29, 0.717) is 5.56 Å². The first-order chi connectivity index (χ1) is 11.2. The smallest absolute Gasteiger partial charge is 0.251 e. The second-order valence-corrected chi connectivity index (χ2v) is 5.92. The van der Waals surface area contributed by atoms with E-state index in [9.17, 15) is 14.0 Å². The highest BCUT2D eigenvalue weighted by molar-refractivity contribution is 6.00. The summed E-state index contributed by atoms with van der Waals surface area (Å²) in [5.41, 5.74) is 5.17. The lowest BCUT2D eigenvalue weighted by atomic mass is 10.0. The first-order valence-electron chi connectivity index (χ1n) is 7.32. The quantitative estimate of drug-likeness (QED) is 0.791. The Kier molecular flexibility index (Phi) is 4.59. The van der Waals surface area contributed by atoms with Crippen LogP contribution in [0.4, 0.5) is 15.9 Å². The molecule has 2 amide bonds. The van der Waals surface area contributed by atoms with Crippen molar-refractivity contribution in [3.8, 4) is 0 Å². The predicted molar refractivity (Wildman–Crippen MR) is 89.1 cm³/mol. The molecule has 0 saturated carbocycles. The van der Waals surface area contributed by atoms with E-state index in [0.717, 1.165) is 0 Å². The summed E-state index contributed by atoms with van der Waals surface area (Å²) in [6.45, 7) is 4.87. The van der Waals surface area contributed by atoms with Crippen LogP contribution in [0.3, 0.4) is 0 Å². The summed E-state index contributed by atoms with van der Waals surface area (Å²) < 4.78 is 15.6. The average Bonchev–Trinajstić information content (AvgIpc) is 2.96. The molecule has 0 aliphatic heterocycles. The second kappa shape index (κ2) is 6.31. The monoisotopic (exact) mass is 333 g/mol. The van der Waals surface area contributed by atoms with Crippen molar-refractivity contribution in [3.05, 3.63) is 41.3 Å². The summed E-state index contributed by atoms with van der Waals surface area (Å²) in [5.74, 6) is -1.19. The zero-order chi connectivity index (χ0) is 18.1. The third-order valence-corrected chi connectivity index (χ3v) is 3.77. The summed E-state index contributed by atoms with van der Waals surface area (Å²) in [6, 6.07) is 4.08. The fourth-order valence-electron chi connectivity index (χ4n) is 2.18. The van der Waals surface area contributed by atoms with Crippen LogP contribution in [0.2, 0.25) is 0 Å². The molecule has 128 valence electrons. The maximum atomic E-state index is 14.2. The van der Waals surface area contributed by atoms with Gasteiger partial charge in [0.1, 0.15) is 17.2 Å². The number of nitrogens with one attached hydrogen (secondary N) is 2. The molecule has 0 fully saturated rings. The van der Waals surface area contributed by atoms with Gasteiger partial charge in [0.25, 0.3) is 11.8 Å². The molecule has 0 aliphatic rings. The van der Waals surface area contributed by atoms with Crippen LogP contribution < -0.4 is 16.4 Å². The van der Waals surface area contributed by atoms with Crippen molar-refractivity contribution in [2.24, 2.45) is 0 Å². The molecule has 0 aliphatic carbocycles. The van der Waals surface area contributed by atoms with E-state index in [1.165, 1.54) is 23.9 Å². The van der Waals surface area contributed by atoms with Gasteiger partial charge >= 0.3 is 0 Å². The number of benzene rings is 1. The molecule has 2 aromatic rings. The zero-order valence-corrected chi connectivity index (χ0v) is 14.0. The van der Waals surface area contributed by atoms with E-state index in [1.54, 1.807) is 33.0 Å². The molecule has 24 heavy (non-hydrogen) atoms. The number of nitrogen functional groups attached to an aromatic ring is 1. The number of nitrogens with zero attached hydrogens (tertiary/aromatic N) is 2. The van der Waals surface area contributed by atoms with Gasteiger partial charge in [-0.15, -0.1) is 0 Å². The van der Waals surface area contributed by atoms with Crippen LogP contribution >= 0.6 is 0 Å². The van der Waals surface area contributed by atoms with Crippen LogP contribution in [-0.4, -0.2) is 28.6 Å². The molecular weight excluding hydrogens is 313 g/mol. The maximum absolute atomic E-state index is 14.2. The predicted octanol–water partition coefficient (Wildman–Crippen LogP) is 1.65. The highest BCUT2D eigenvalue weighted by Crippen LogP contribution is 2.23. The Hall–Kier alpha value is -2.90. The molecule has 1 heterocycles. The second-order valence-electron chi connectivity index (χ2n) is 5.92. The normalized spacial score (nSPS) is 11.2. The lowest BCUT2D eigenvalue weighted by Gasteiger charge is -2.24. The molecule has 8 heteroatoms. The first kappa shape index (κ1) is 17.5. The number of carbonyl (C=O) groups excluding carboxylic acids is 2. The number of nitrogens with two attached hydrogens (primary N) is 1. The van der Waals surface area contributed by atoms with E-state index in [-0.39, 0.29) is 23.0 Å². The van der Waals surface area contributed by atoms with Gasteiger partial charge in [-0.2, -0.15) is 5.10 Å². The summed E-state index contributed by atoms with van der Waals surface area (Å²) in [4.78, 5) is 24.4. The SMILES string of the molecule is CNC(=O)c1cc(NC(=O)C(C)(C)n2ccc(N)n2)c(F)cc1C. The summed E-state index contributed by atoms with van der Waals surface area (Å²) >= 11 is 0. The minimum absolute atomic E-state index is 0.0718. The van der Waals surface area contributed by atoms with E-state index >= 15 is 0 Å². The molecule has 1 aromatic carbocycles. The molecule has 0 bridgehead atoms. The van der Waals surface area contributed by atoms with Crippen molar-refractivity contribution >= 4 is 23.3 Å². The minimum atomic E-state index is -1.10. The highest BCUT2D eigenvalue weighted by atomic mass is 19.1. The van der Waals surface area contributed by atoms with Gasteiger partial charge in [0, 0.05) is 18.8 Å². The number of hydrogen-bond acceptors (Lipinski definition) is 4. The molecule has 0 atom stereocenters. The van der Waals surface area contributed by atoms with Crippen LogP contribution in [0.15, 0.2) is 24.4 Å². The lowest BCUT2D eigenvalue weighted by molar-refractivity contribution is -0.123. The molecule has 0 unspecified atom stereocenters. The molecule has 0 spiro atoms. The average molecular weight is 333 g/mol. The van der Waals surface area contributed by atoms with Gasteiger partial charge in [-0.3, -0.25) is 14.3 Å². The summed E-state index contributed by atoms with van der Waals surface area (Å²) in [6.07, 6.45) is 1.57. The van der Waals surface area contributed by atoms with E-state index in [4.69, 9.17) is 5.73 Å². The Balaban J connectivity index is 2.33. The van der Waals surface area contributed by atoms with Crippen molar-refractivity contribution in [3.63, 3.8) is 0 Å². The Bertz CT molecular complexity index is 798. The minimum Gasteiger partial charge on any atom is -0.382 e. The topological polar surface area (TPSA) is 102 Å². The van der Waals surface area contributed by atoms with E-state index < -0.39 is 17.3 Å². The number of anilines is 2. The van der Waals surface area contributed by atoms with Crippen molar-refractivity contribution < 1.29 is 14.0 Å². The fourth-order valence-corrected chi connectivity index (χ4v) is 2.18. The standard InChI is InChI=1S/C16H20FN5O2/c1-9-7-11(17)12(8-10(9)14(23)19-4)20-15(24)16(2,3)22-6-5-13(18)21-22/h5-8H,1-4H3,(H2,18,21)(H,19,23)(H,20,24). The van der Waals surface area contributed by atoms with Crippen molar-refractivity contribution in [2.75, 3.05) is 18.1 Å². The maximum Gasteiger partial charge on any atom is 0.251 e. The number of halogens is 1. The van der Waals surface area contributed by atoms with Crippen molar-refractivity contribution in [1.29, 1.82) is 0 Å². The Morgan fingerprint density at radius 3 is 2.54 bits per heavy atom. The Morgan fingerprint density at radius 2 is 2.00 bits per heavy atom. The molecule has 2 rings (SSSR count). The lowest BCUT2D eigenvalue weighted by Crippen LogP contribution is -2.41. The van der Waals surface area contributed by atoms with Gasteiger partial charge in [0.05, 0.1) is 5.69 Å². The molecule has 1 aromatic heterocycles. The molecule has 4 N–H and O–H groups in total. The van der Waals surface area contributed by atoms with Crippen LogP contribution in [-0.2, 0) is 10.3 Å². The number of aryl methyl sites for hydroxylation is 1. The third-order valence-electron chi connectivity index (χ3n) is 3.77. The van der Waals surface area contributed by atoms with Crippen LogP contribution in [0.5, 0.6) is 0 Å². The van der Waals surface area contributed by atoms with Gasteiger partial charge in [-0.1, -0.05) is 0 Å². The summed E-state index contributed by atoms with van der Waals surface area (Å²) in [5, 5.41) is 9.00. The van der Waals surface area contributed by atoms with E-state index in [2.05, 4.69) is 15.7 Å². The number of hydrogen-bond donors (Lipinski definition) is 3.